The van der Waals surface area contributed by atoms with Crippen LogP contribution >= 0.6 is 12.4 Å². The van der Waals surface area contributed by atoms with Crippen LogP contribution in [0.1, 0.15) is 20.8 Å². The number of rotatable bonds is 0. The maximum Gasteiger partial charge on any atom is 0.0705 e. The van der Waals surface area contributed by atoms with E-state index in [-0.39, 0.29) is 24.6 Å². The minimum Gasteiger partial charge on any atom is -0.374 e. The second-order valence-corrected chi connectivity index (χ2v) is 2.98. The van der Waals surface area contributed by atoms with E-state index in [1.54, 1.807) is 0 Å². The van der Waals surface area contributed by atoms with Gasteiger partial charge in [0.2, 0.25) is 0 Å². The smallest absolute Gasteiger partial charge is 0.0705 e. The summed E-state index contributed by atoms with van der Waals surface area (Å²) in [6.45, 7) is 6.25. The first-order chi connectivity index (χ1) is 4.13. The first kappa shape index (κ1) is 10.2. The highest BCUT2D eigenvalue weighted by Crippen LogP contribution is 2.23. The van der Waals surface area contributed by atoms with Crippen molar-refractivity contribution in [3.8, 4) is 0 Å². The molecule has 1 heterocycles. The monoisotopic (exact) mass is 165 g/mol. The summed E-state index contributed by atoms with van der Waals surface area (Å²) >= 11 is 0. The van der Waals surface area contributed by atoms with Crippen LogP contribution in [0.5, 0.6) is 0 Å². The average Bonchev–Trinajstić information content (AvgIpc) is 1.98. The normalized spacial score (nSPS) is 46.8. The molecule has 0 aliphatic carbocycles. The van der Waals surface area contributed by atoms with Gasteiger partial charge in [0.1, 0.15) is 0 Å². The predicted molar refractivity (Wildman–Crippen MR) is 44.4 cm³/mol. The van der Waals surface area contributed by atoms with E-state index in [4.69, 9.17) is 10.5 Å². The highest BCUT2D eigenvalue weighted by molar-refractivity contribution is 5.85. The highest BCUT2D eigenvalue weighted by Gasteiger charge is 2.33. The summed E-state index contributed by atoms with van der Waals surface area (Å²) in [5, 5.41) is 0. The lowest BCUT2D eigenvalue weighted by Gasteiger charge is -2.10. The minimum atomic E-state index is 0. The summed E-state index contributed by atoms with van der Waals surface area (Å²) in [5.41, 5.74) is 5.79. The lowest BCUT2D eigenvalue weighted by atomic mass is 9.98. The van der Waals surface area contributed by atoms with E-state index in [0.29, 0.717) is 12.0 Å². The Morgan fingerprint density at radius 2 is 1.60 bits per heavy atom. The van der Waals surface area contributed by atoms with E-state index in [1.807, 2.05) is 6.92 Å². The molecular weight excluding hydrogens is 150 g/mol. The Balaban J connectivity index is 0.000000810. The van der Waals surface area contributed by atoms with Crippen LogP contribution in [0, 0.1) is 5.92 Å². The number of hydrogen-bond acceptors (Lipinski definition) is 2. The van der Waals surface area contributed by atoms with Crippen molar-refractivity contribution < 1.29 is 4.74 Å². The van der Waals surface area contributed by atoms with Crippen LogP contribution in [0.4, 0.5) is 0 Å². The Hall–Kier alpha value is 0.210. The molecule has 3 heteroatoms. The largest absolute Gasteiger partial charge is 0.374 e. The fourth-order valence-corrected chi connectivity index (χ4v) is 1.29. The SMILES string of the molecule is CC1OC(C)C(N)C1C.Cl. The van der Waals surface area contributed by atoms with E-state index in [2.05, 4.69) is 13.8 Å². The van der Waals surface area contributed by atoms with Gasteiger partial charge >= 0.3 is 0 Å². The standard InChI is InChI=1S/C7H15NO.ClH/c1-4-5(2)9-6(3)7(4)8;/h4-7H,8H2,1-3H3;1H. The molecule has 4 atom stereocenters. The zero-order valence-corrected chi connectivity index (χ0v) is 7.52. The van der Waals surface area contributed by atoms with Gasteiger partial charge in [0.15, 0.2) is 0 Å². The van der Waals surface area contributed by atoms with Crippen molar-refractivity contribution in [3.05, 3.63) is 0 Å². The molecule has 1 saturated heterocycles. The van der Waals surface area contributed by atoms with Crippen LogP contribution in [0.25, 0.3) is 0 Å². The van der Waals surface area contributed by atoms with Gasteiger partial charge in [0, 0.05) is 6.04 Å². The van der Waals surface area contributed by atoms with Gasteiger partial charge < -0.3 is 10.5 Å². The zero-order chi connectivity index (χ0) is 7.02. The van der Waals surface area contributed by atoms with Crippen molar-refractivity contribution in [1.29, 1.82) is 0 Å². The van der Waals surface area contributed by atoms with Gasteiger partial charge in [-0.25, -0.2) is 0 Å². The molecule has 1 fully saturated rings. The summed E-state index contributed by atoms with van der Waals surface area (Å²) in [6.07, 6.45) is 0.588. The van der Waals surface area contributed by atoms with Gasteiger partial charge in [-0.05, 0) is 19.8 Å². The first-order valence-corrected chi connectivity index (χ1v) is 3.54. The minimum absolute atomic E-state index is 0. The van der Waals surface area contributed by atoms with Crippen molar-refractivity contribution in [2.75, 3.05) is 0 Å². The average molecular weight is 166 g/mol. The molecular formula is C7H16ClNO. The molecule has 1 aliphatic heterocycles. The van der Waals surface area contributed by atoms with Gasteiger partial charge in [-0.2, -0.15) is 0 Å². The molecule has 4 unspecified atom stereocenters. The first-order valence-electron chi connectivity index (χ1n) is 3.54. The van der Waals surface area contributed by atoms with Crippen molar-refractivity contribution in [2.24, 2.45) is 11.7 Å². The third-order valence-corrected chi connectivity index (χ3v) is 2.32. The Morgan fingerprint density at radius 1 is 1.10 bits per heavy atom. The Kier molecular flexibility index (Phi) is 3.63. The van der Waals surface area contributed by atoms with Crippen LogP contribution in [0.2, 0.25) is 0 Å². The lowest BCUT2D eigenvalue weighted by molar-refractivity contribution is 0.0559. The van der Waals surface area contributed by atoms with E-state index in [9.17, 15) is 0 Å². The summed E-state index contributed by atoms with van der Waals surface area (Å²) in [7, 11) is 0. The molecule has 0 radical (unpaired) electrons. The molecule has 0 saturated carbocycles. The van der Waals surface area contributed by atoms with Crippen LogP contribution in [0.15, 0.2) is 0 Å². The topological polar surface area (TPSA) is 35.2 Å². The second kappa shape index (κ2) is 3.56. The Bertz CT molecular complexity index is 97.8. The molecule has 0 spiro atoms. The van der Waals surface area contributed by atoms with E-state index < -0.39 is 0 Å². The molecule has 2 nitrogen and oxygen atoms in total. The van der Waals surface area contributed by atoms with E-state index in [0.717, 1.165) is 0 Å². The molecule has 2 N–H and O–H groups in total. The lowest BCUT2D eigenvalue weighted by Crippen LogP contribution is -2.32. The number of nitrogens with two attached hydrogens (primary N) is 1. The highest BCUT2D eigenvalue weighted by atomic mass is 35.5. The fraction of sp³-hybridized carbons (Fsp3) is 1.00. The van der Waals surface area contributed by atoms with Crippen molar-refractivity contribution in [2.45, 2.75) is 39.0 Å². The third kappa shape index (κ3) is 1.62. The van der Waals surface area contributed by atoms with Gasteiger partial charge in [-0.15, -0.1) is 12.4 Å². The molecule has 10 heavy (non-hydrogen) atoms. The van der Waals surface area contributed by atoms with Crippen LogP contribution in [0.3, 0.4) is 0 Å². The van der Waals surface area contributed by atoms with Gasteiger partial charge in [0.05, 0.1) is 12.2 Å². The van der Waals surface area contributed by atoms with Crippen molar-refractivity contribution in [3.63, 3.8) is 0 Å². The van der Waals surface area contributed by atoms with Gasteiger partial charge in [-0.3, -0.25) is 0 Å². The molecule has 0 aromatic carbocycles. The Morgan fingerprint density at radius 3 is 1.70 bits per heavy atom. The number of hydrogen-bond donors (Lipinski definition) is 1. The van der Waals surface area contributed by atoms with Crippen LogP contribution < -0.4 is 5.73 Å². The fourth-order valence-electron chi connectivity index (χ4n) is 1.29. The molecule has 1 rings (SSSR count). The molecule has 1 aliphatic rings. The number of halogens is 1. The summed E-state index contributed by atoms with van der Waals surface area (Å²) in [5.74, 6) is 0.514. The third-order valence-electron chi connectivity index (χ3n) is 2.32. The summed E-state index contributed by atoms with van der Waals surface area (Å²) in [4.78, 5) is 0. The van der Waals surface area contributed by atoms with Gasteiger partial charge in [-0.1, -0.05) is 6.92 Å². The molecule has 62 valence electrons. The maximum absolute atomic E-state index is 5.79. The predicted octanol–water partition coefficient (Wildman–Crippen LogP) is 1.18. The Labute approximate surface area is 68.5 Å². The molecule has 0 bridgehead atoms. The molecule has 0 aromatic rings. The zero-order valence-electron chi connectivity index (χ0n) is 6.70. The quantitative estimate of drug-likeness (QED) is 0.585. The van der Waals surface area contributed by atoms with Crippen LogP contribution in [-0.4, -0.2) is 18.2 Å². The molecule has 0 aromatic heterocycles. The van der Waals surface area contributed by atoms with E-state index in [1.165, 1.54) is 0 Å². The number of ether oxygens (including phenoxy) is 1. The van der Waals surface area contributed by atoms with E-state index >= 15 is 0 Å². The van der Waals surface area contributed by atoms with Crippen LogP contribution in [-0.2, 0) is 4.74 Å². The van der Waals surface area contributed by atoms with Crippen molar-refractivity contribution >= 4 is 12.4 Å². The van der Waals surface area contributed by atoms with Crippen molar-refractivity contribution in [1.82, 2.24) is 0 Å². The van der Waals surface area contributed by atoms with Gasteiger partial charge in [0.25, 0.3) is 0 Å². The maximum atomic E-state index is 5.79. The summed E-state index contributed by atoms with van der Waals surface area (Å²) < 4.78 is 5.46. The summed E-state index contributed by atoms with van der Waals surface area (Å²) in [6, 6.07) is 0.236. The second-order valence-electron chi connectivity index (χ2n) is 2.98. The molecule has 0 amide bonds.